The minimum absolute atomic E-state index is 0.251. The molecule has 1 aliphatic rings. The lowest BCUT2D eigenvalue weighted by Gasteiger charge is -2.22. The van der Waals surface area contributed by atoms with E-state index in [9.17, 15) is 4.79 Å². The number of unbranched alkanes of at least 4 members (excludes halogenated alkanes) is 1. The van der Waals surface area contributed by atoms with Crippen LogP contribution in [0.2, 0.25) is 0 Å². The van der Waals surface area contributed by atoms with Crippen LogP contribution in [-0.2, 0) is 4.74 Å². The molecule has 0 bridgehead atoms. The average molecular weight is 284 g/mol. The van der Waals surface area contributed by atoms with Crippen LogP contribution >= 0.6 is 0 Å². The van der Waals surface area contributed by atoms with E-state index in [4.69, 9.17) is 4.74 Å². The fourth-order valence-corrected chi connectivity index (χ4v) is 2.73. The van der Waals surface area contributed by atoms with Crippen molar-refractivity contribution < 1.29 is 9.53 Å². The van der Waals surface area contributed by atoms with Crippen LogP contribution in [-0.4, -0.2) is 29.8 Å². The molecule has 20 heavy (non-hydrogen) atoms. The topological polar surface area (TPSA) is 50.4 Å². The van der Waals surface area contributed by atoms with E-state index in [0.717, 1.165) is 19.3 Å². The minimum atomic E-state index is -0.422. The van der Waals surface area contributed by atoms with Gasteiger partial charge in [-0.05, 0) is 53.4 Å². The number of carbonyl (C=O) groups is 1. The first kappa shape index (κ1) is 17.3. The summed E-state index contributed by atoms with van der Waals surface area (Å²) in [6.45, 7) is 10.1. The molecule has 3 unspecified atom stereocenters. The first-order valence-electron chi connectivity index (χ1n) is 8.05. The molecule has 4 heteroatoms. The Morgan fingerprint density at radius 2 is 1.95 bits per heavy atom. The molecule has 0 radical (unpaired) electrons. The first-order valence-corrected chi connectivity index (χ1v) is 8.05. The van der Waals surface area contributed by atoms with Gasteiger partial charge in [-0.2, -0.15) is 0 Å². The van der Waals surface area contributed by atoms with Gasteiger partial charge in [0.05, 0.1) is 0 Å². The molecule has 0 aromatic heterocycles. The minimum Gasteiger partial charge on any atom is -0.444 e. The fourth-order valence-electron chi connectivity index (χ4n) is 2.73. The highest BCUT2D eigenvalue weighted by molar-refractivity contribution is 5.68. The lowest BCUT2D eigenvalue weighted by Crippen LogP contribution is -2.40. The third kappa shape index (κ3) is 7.13. The zero-order valence-corrected chi connectivity index (χ0v) is 13.8. The van der Waals surface area contributed by atoms with E-state index in [1.54, 1.807) is 0 Å². The van der Waals surface area contributed by atoms with E-state index < -0.39 is 5.60 Å². The van der Waals surface area contributed by atoms with Gasteiger partial charge < -0.3 is 15.4 Å². The van der Waals surface area contributed by atoms with Crippen LogP contribution in [0.3, 0.4) is 0 Å². The quantitative estimate of drug-likeness (QED) is 0.783. The number of carbonyl (C=O) groups excluding carboxylic acids is 1. The molecule has 1 aliphatic carbocycles. The fraction of sp³-hybridized carbons (Fsp3) is 0.938. The summed E-state index contributed by atoms with van der Waals surface area (Å²) >= 11 is 0. The Labute approximate surface area is 124 Å². The number of hydrogen-bond donors (Lipinski definition) is 2. The summed E-state index contributed by atoms with van der Waals surface area (Å²) in [4.78, 5) is 11.7. The van der Waals surface area contributed by atoms with Gasteiger partial charge in [0, 0.05) is 18.1 Å². The Balaban J connectivity index is 2.24. The molecule has 1 saturated carbocycles. The molecule has 0 saturated heterocycles. The van der Waals surface area contributed by atoms with Crippen LogP contribution in [0.1, 0.15) is 73.1 Å². The second kappa shape index (κ2) is 7.87. The van der Waals surface area contributed by atoms with Crippen LogP contribution in [0.25, 0.3) is 0 Å². The number of amides is 1. The van der Waals surface area contributed by atoms with Crippen molar-refractivity contribution in [1.29, 1.82) is 0 Å². The van der Waals surface area contributed by atoms with Gasteiger partial charge in [-0.15, -0.1) is 0 Å². The average Bonchev–Trinajstić information content (AvgIpc) is 2.71. The molecule has 1 rings (SSSR count). The normalized spacial score (nSPS) is 24.4. The van der Waals surface area contributed by atoms with E-state index in [1.165, 1.54) is 19.3 Å². The van der Waals surface area contributed by atoms with Crippen LogP contribution in [0.4, 0.5) is 4.79 Å². The van der Waals surface area contributed by atoms with Crippen molar-refractivity contribution in [2.45, 2.75) is 96.9 Å². The van der Waals surface area contributed by atoms with E-state index in [-0.39, 0.29) is 12.1 Å². The molecule has 0 spiro atoms. The zero-order valence-electron chi connectivity index (χ0n) is 13.8. The highest BCUT2D eigenvalue weighted by atomic mass is 16.6. The highest BCUT2D eigenvalue weighted by Crippen LogP contribution is 2.21. The SMILES string of the molecule is CCCCC(C)NC1CCC(NC(=O)OC(C)(C)C)C1. The van der Waals surface area contributed by atoms with Crippen molar-refractivity contribution in [1.82, 2.24) is 10.6 Å². The van der Waals surface area contributed by atoms with Gasteiger partial charge in [0.2, 0.25) is 0 Å². The smallest absolute Gasteiger partial charge is 0.407 e. The Bertz CT molecular complexity index is 299. The standard InChI is InChI=1S/C16H32N2O2/c1-6-7-8-12(2)17-13-9-10-14(11-13)18-15(19)20-16(3,4)5/h12-14,17H,6-11H2,1-5H3,(H,18,19). The molecule has 0 heterocycles. The Hall–Kier alpha value is -0.770. The third-order valence-corrected chi connectivity index (χ3v) is 3.66. The van der Waals surface area contributed by atoms with Gasteiger partial charge in [0.15, 0.2) is 0 Å². The number of alkyl carbamates (subject to hydrolysis) is 1. The summed E-state index contributed by atoms with van der Waals surface area (Å²) in [7, 11) is 0. The molecule has 4 nitrogen and oxygen atoms in total. The molecular weight excluding hydrogens is 252 g/mol. The molecular formula is C16H32N2O2. The molecule has 1 amide bonds. The number of ether oxygens (including phenoxy) is 1. The lowest BCUT2D eigenvalue weighted by molar-refractivity contribution is 0.0505. The van der Waals surface area contributed by atoms with Crippen LogP contribution in [0.15, 0.2) is 0 Å². The van der Waals surface area contributed by atoms with Crippen molar-refractivity contribution >= 4 is 6.09 Å². The number of nitrogens with one attached hydrogen (secondary N) is 2. The van der Waals surface area contributed by atoms with Gasteiger partial charge in [-0.1, -0.05) is 19.8 Å². The summed E-state index contributed by atoms with van der Waals surface area (Å²) in [6.07, 6.45) is 6.66. The largest absolute Gasteiger partial charge is 0.444 e. The maximum absolute atomic E-state index is 11.7. The molecule has 118 valence electrons. The second-order valence-electron chi connectivity index (χ2n) is 7.06. The number of rotatable bonds is 6. The van der Waals surface area contributed by atoms with Gasteiger partial charge in [0.1, 0.15) is 5.60 Å². The maximum atomic E-state index is 11.7. The predicted molar refractivity (Wildman–Crippen MR) is 82.9 cm³/mol. The van der Waals surface area contributed by atoms with E-state index >= 15 is 0 Å². The van der Waals surface area contributed by atoms with E-state index in [0.29, 0.717) is 12.1 Å². The molecule has 0 aromatic carbocycles. The summed E-state index contributed by atoms with van der Waals surface area (Å²) in [6, 6.07) is 1.35. The number of hydrogen-bond acceptors (Lipinski definition) is 3. The van der Waals surface area contributed by atoms with Gasteiger partial charge in [0.25, 0.3) is 0 Å². The second-order valence-corrected chi connectivity index (χ2v) is 7.06. The summed E-state index contributed by atoms with van der Waals surface area (Å²) in [5, 5.41) is 6.65. The first-order chi connectivity index (χ1) is 9.30. The summed E-state index contributed by atoms with van der Waals surface area (Å²) in [5.74, 6) is 0. The van der Waals surface area contributed by atoms with Crippen molar-refractivity contribution in [3.63, 3.8) is 0 Å². The molecule has 3 atom stereocenters. The summed E-state index contributed by atoms with van der Waals surface area (Å²) in [5.41, 5.74) is -0.422. The molecule has 2 N–H and O–H groups in total. The van der Waals surface area contributed by atoms with Crippen LogP contribution in [0.5, 0.6) is 0 Å². The zero-order chi connectivity index (χ0) is 15.2. The van der Waals surface area contributed by atoms with E-state index in [1.807, 2.05) is 20.8 Å². The van der Waals surface area contributed by atoms with Crippen molar-refractivity contribution in [2.24, 2.45) is 0 Å². The van der Waals surface area contributed by atoms with Crippen molar-refractivity contribution in [2.75, 3.05) is 0 Å². The van der Waals surface area contributed by atoms with Crippen molar-refractivity contribution in [3.05, 3.63) is 0 Å². The van der Waals surface area contributed by atoms with Crippen molar-refractivity contribution in [3.8, 4) is 0 Å². The molecule has 1 fully saturated rings. The Morgan fingerprint density at radius 1 is 1.30 bits per heavy atom. The van der Waals surface area contributed by atoms with Gasteiger partial charge >= 0.3 is 6.09 Å². The van der Waals surface area contributed by atoms with Crippen LogP contribution < -0.4 is 10.6 Å². The Morgan fingerprint density at radius 3 is 2.55 bits per heavy atom. The van der Waals surface area contributed by atoms with Gasteiger partial charge in [-0.3, -0.25) is 0 Å². The Kier molecular flexibility index (Phi) is 6.80. The monoisotopic (exact) mass is 284 g/mol. The van der Waals surface area contributed by atoms with Gasteiger partial charge in [-0.25, -0.2) is 4.79 Å². The highest BCUT2D eigenvalue weighted by Gasteiger charge is 2.28. The third-order valence-electron chi connectivity index (χ3n) is 3.66. The predicted octanol–water partition coefficient (Wildman–Crippen LogP) is 3.60. The molecule has 0 aromatic rings. The van der Waals surface area contributed by atoms with E-state index in [2.05, 4.69) is 24.5 Å². The molecule has 0 aliphatic heterocycles. The maximum Gasteiger partial charge on any atom is 0.407 e. The summed E-state index contributed by atoms with van der Waals surface area (Å²) < 4.78 is 5.30. The lowest BCUT2D eigenvalue weighted by atomic mass is 10.1. The van der Waals surface area contributed by atoms with Crippen LogP contribution in [0, 0.1) is 0 Å².